The third kappa shape index (κ3) is 5.54. The lowest BCUT2D eigenvalue weighted by Gasteiger charge is -2.18. The summed E-state index contributed by atoms with van der Waals surface area (Å²) in [4.78, 5) is 39.8. The van der Waals surface area contributed by atoms with Crippen molar-refractivity contribution in [3.05, 3.63) is 58.0 Å². The van der Waals surface area contributed by atoms with Crippen molar-refractivity contribution in [2.75, 3.05) is 25.0 Å². The molecular weight excluding hydrogens is 388 g/mol. The first kappa shape index (κ1) is 22.4. The molecule has 0 bridgehead atoms. The molecule has 2 amide bonds. The number of nitrogens with one attached hydrogen (secondary N) is 1. The number of thiophene rings is 1. The zero-order valence-electron chi connectivity index (χ0n) is 17.2. The molecule has 0 aliphatic carbocycles. The van der Waals surface area contributed by atoms with Gasteiger partial charge in [0.15, 0.2) is 0 Å². The average Bonchev–Trinajstić information content (AvgIpc) is 3.04. The molecule has 2 aromatic rings. The first-order valence-corrected chi connectivity index (χ1v) is 10.4. The smallest absolute Gasteiger partial charge is 0.341 e. The molecule has 1 aromatic carbocycles. The third-order valence-corrected chi connectivity index (χ3v) is 5.53. The molecule has 1 N–H and O–H groups in total. The van der Waals surface area contributed by atoms with Gasteiger partial charge in [0.25, 0.3) is 5.91 Å². The van der Waals surface area contributed by atoms with Crippen LogP contribution in [-0.4, -0.2) is 42.4 Å². The van der Waals surface area contributed by atoms with Crippen molar-refractivity contribution in [1.82, 2.24) is 4.90 Å². The zero-order chi connectivity index (χ0) is 21.4. The van der Waals surface area contributed by atoms with E-state index < -0.39 is 5.97 Å². The van der Waals surface area contributed by atoms with Gasteiger partial charge in [0.05, 0.1) is 17.0 Å². The maximum absolute atomic E-state index is 12.8. The highest BCUT2D eigenvalue weighted by atomic mass is 32.1. The van der Waals surface area contributed by atoms with Crippen molar-refractivity contribution < 1.29 is 19.1 Å². The standard InChI is InChI=1S/C22H26N2O4S/c1-5-24(6-2)21(26)19-15(4)18(22(27)28-7-3)20(29-19)23-17(25)14-13-16-11-9-8-10-12-16/h8-14H,5-7H2,1-4H3,(H,23,25). The van der Waals surface area contributed by atoms with Crippen molar-refractivity contribution in [3.63, 3.8) is 0 Å². The lowest BCUT2D eigenvalue weighted by atomic mass is 10.1. The number of esters is 1. The molecule has 0 saturated heterocycles. The number of nitrogens with zero attached hydrogens (tertiary/aromatic N) is 1. The Hall–Kier alpha value is -2.93. The second-order valence-corrected chi connectivity index (χ2v) is 7.21. The van der Waals surface area contributed by atoms with Gasteiger partial charge < -0.3 is 15.0 Å². The minimum Gasteiger partial charge on any atom is -0.462 e. The summed E-state index contributed by atoms with van der Waals surface area (Å²) in [7, 11) is 0. The summed E-state index contributed by atoms with van der Waals surface area (Å²) in [6.07, 6.45) is 3.08. The molecule has 0 aliphatic heterocycles. The number of ether oxygens (including phenoxy) is 1. The fourth-order valence-electron chi connectivity index (χ4n) is 2.80. The monoisotopic (exact) mass is 414 g/mol. The van der Waals surface area contributed by atoms with Gasteiger partial charge in [-0.25, -0.2) is 4.79 Å². The van der Waals surface area contributed by atoms with Crippen molar-refractivity contribution in [2.24, 2.45) is 0 Å². The van der Waals surface area contributed by atoms with Crippen molar-refractivity contribution in [3.8, 4) is 0 Å². The van der Waals surface area contributed by atoms with E-state index in [0.29, 0.717) is 28.5 Å². The molecule has 2 rings (SSSR count). The van der Waals surface area contributed by atoms with Crippen LogP contribution in [-0.2, 0) is 9.53 Å². The molecular formula is C22H26N2O4S. The van der Waals surface area contributed by atoms with Crippen LogP contribution < -0.4 is 5.32 Å². The predicted octanol–water partition coefficient (Wildman–Crippen LogP) is 4.37. The lowest BCUT2D eigenvalue weighted by molar-refractivity contribution is -0.111. The van der Waals surface area contributed by atoms with Gasteiger partial charge in [0.1, 0.15) is 5.00 Å². The van der Waals surface area contributed by atoms with E-state index in [9.17, 15) is 14.4 Å². The van der Waals surface area contributed by atoms with Crippen LogP contribution in [0.3, 0.4) is 0 Å². The van der Waals surface area contributed by atoms with Crippen LogP contribution in [0.5, 0.6) is 0 Å². The van der Waals surface area contributed by atoms with Crippen LogP contribution in [0.4, 0.5) is 5.00 Å². The largest absolute Gasteiger partial charge is 0.462 e. The summed E-state index contributed by atoms with van der Waals surface area (Å²) < 4.78 is 5.14. The first-order valence-electron chi connectivity index (χ1n) is 9.56. The molecule has 0 aliphatic rings. The Morgan fingerprint density at radius 3 is 2.34 bits per heavy atom. The molecule has 0 unspecified atom stereocenters. The Bertz CT molecular complexity index is 899. The summed E-state index contributed by atoms with van der Waals surface area (Å²) in [5, 5.41) is 3.05. The van der Waals surface area contributed by atoms with Gasteiger partial charge in [-0.05, 0) is 44.9 Å². The molecule has 0 radical (unpaired) electrons. The molecule has 0 atom stereocenters. The maximum atomic E-state index is 12.8. The van der Waals surface area contributed by atoms with Gasteiger partial charge in [0, 0.05) is 19.2 Å². The Morgan fingerprint density at radius 1 is 1.10 bits per heavy atom. The van der Waals surface area contributed by atoms with E-state index >= 15 is 0 Å². The van der Waals surface area contributed by atoms with Crippen molar-refractivity contribution in [2.45, 2.75) is 27.7 Å². The number of benzene rings is 1. The van der Waals surface area contributed by atoms with E-state index in [1.165, 1.54) is 6.08 Å². The van der Waals surface area contributed by atoms with Crippen molar-refractivity contribution in [1.29, 1.82) is 0 Å². The van der Waals surface area contributed by atoms with Crippen LogP contribution in [0.25, 0.3) is 6.08 Å². The molecule has 0 saturated carbocycles. The number of hydrogen-bond acceptors (Lipinski definition) is 5. The Morgan fingerprint density at radius 2 is 1.76 bits per heavy atom. The van der Waals surface area contributed by atoms with Crippen LogP contribution in [0.2, 0.25) is 0 Å². The molecule has 0 spiro atoms. The quantitative estimate of drug-likeness (QED) is 0.514. The van der Waals surface area contributed by atoms with E-state index in [1.54, 1.807) is 24.8 Å². The number of amides is 2. The summed E-state index contributed by atoms with van der Waals surface area (Å²) in [6.45, 7) is 8.53. The van der Waals surface area contributed by atoms with E-state index in [1.807, 2.05) is 44.2 Å². The normalized spacial score (nSPS) is 10.8. The lowest BCUT2D eigenvalue weighted by Crippen LogP contribution is -2.30. The molecule has 0 fully saturated rings. The Kier molecular flexibility index (Phi) is 8.15. The van der Waals surface area contributed by atoms with E-state index in [2.05, 4.69) is 5.32 Å². The van der Waals surface area contributed by atoms with Gasteiger partial charge in [-0.2, -0.15) is 0 Å². The number of carbonyl (C=O) groups is 3. The highest BCUT2D eigenvalue weighted by molar-refractivity contribution is 7.18. The number of carbonyl (C=O) groups excluding carboxylic acids is 3. The fourth-order valence-corrected chi connectivity index (χ4v) is 3.96. The fraction of sp³-hybridized carbons (Fsp3) is 0.318. The van der Waals surface area contributed by atoms with Gasteiger partial charge >= 0.3 is 5.97 Å². The summed E-state index contributed by atoms with van der Waals surface area (Å²) in [5.74, 6) is -1.10. The molecule has 154 valence electrons. The van der Waals surface area contributed by atoms with E-state index in [-0.39, 0.29) is 24.0 Å². The number of anilines is 1. The van der Waals surface area contributed by atoms with Crippen LogP contribution in [0.1, 0.15) is 51.9 Å². The minimum atomic E-state index is -0.554. The molecule has 1 aromatic heterocycles. The SMILES string of the molecule is CCOC(=O)c1c(NC(=O)C=Cc2ccccc2)sc(C(=O)N(CC)CC)c1C. The summed E-state index contributed by atoms with van der Waals surface area (Å²) >= 11 is 1.10. The van der Waals surface area contributed by atoms with Crippen LogP contribution in [0.15, 0.2) is 36.4 Å². The van der Waals surface area contributed by atoms with Gasteiger partial charge in [0.2, 0.25) is 5.91 Å². The first-order chi connectivity index (χ1) is 13.9. The summed E-state index contributed by atoms with van der Waals surface area (Å²) in [6, 6.07) is 9.41. The van der Waals surface area contributed by atoms with Crippen LogP contribution in [0, 0.1) is 6.92 Å². The predicted molar refractivity (Wildman–Crippen MR) is 116 cm³/mol. The highest BCUT2D eigenvalue weighted by Crippen LogP contribution is 2.34. The van der Waals surface area contributed by atoms with Gasteiger partial charge in [-0.3, -0.25) is 9.59 Å². The van der Waals surface area contributed by atoms with Crippen molar-refractivity contribution >= 4 is 40.2 Å². The second kappa shape index (κ2) is 10.6. The van der Waals surface area contributed by atoms with E-state index in [0.717, 1.165) is 16.9 Å². The maximum Gasteiger partial charge on any atom is 0.341 e. The van der Waals surface area contributed by atoms with E-state index in [4.69, 9.17) is 4.74 Å². The highest BCUT2D eigenvalue weighted by Gasteiger charge is 2.27. The Balaban J connectivity index is 2.34. The number of hydrogen-bond donors (Lipinski definition) is 1. The second-order valence-electron chi connectivity index (χ2n) is 6.19. The minimum absolute atomic E-state index is 0.164. The number of rotatable bonds is 8. The van der Waals surface area contributed by atoms with Gasteiger partial charge in [-0.15, -0.1) is 11.3 Å². The van der Waals surface area contributed by atoms with Gasteiger partial charge in [-0.1, -0.05) is 30.3 Å². The molecule has 1 heterocycles. The zero-order valence-corrected chi connectivity index (χ0v) is 18.0. The summed E-state index contributed by atoms with van der Waals surface area (Å²) in [5.41, 5.74) is 1.63. The van der Waals surface area contributed by atoms with Crippen LogP contribution >= 0.6 is 11.3 Å². The third-order valence-electron chi connectivity index (χ3n) is 4.33. The molecule has 6 nitrogen and oxygen atoms in total. The topological polar surface area (TPSA) is 75.7 Å². The molecule has 7 heteroatoms. The molecule has 29 heavy (non-hydrogen) atoms. The average molecular weight is 415 g/mol. The Labute approximate surface area is 175 Å².